The third-order valence-corrected chi connectivity index (χ3v) is 3.18. The molecule has 15 heavy (non-hydrogen) atoms. The molecule has 0 radical (unpaired) electrons. The third kappa shape index (κ3) is 2.22. The van der Waals surface area contributed by atoms with Crippen LogP contribution in [0.1, 0.15) is 22.3 Å². The SMILES string of the molecule is Cc1csc(C(N)c2ccc(F)cc2)n1. The van der Waals surface area contributed by atoms with Crippen molar-refractivity contribution in [1.82, 2.24) is 4.98 Å². The summed E-state index contributed by atoms with van der Waals surface area (Å²) in [5.74, 6) is -0.249. The molecule has 1 aromatic heterocycles. The monoisotopic (exact) mass is 222 g/mol. The molecule has 1 heterocycles. The van der Waals surface area contributed by atoms with Crippen LogP contribution in [0.4, 0.5) is 4.39 Å². The first kappa shape index (κ1) is 10.3. The first-order valence-electron chi connectivity index (χ1n) is 4.60. The zero-order valence-corrected chi connectivity index (χ0v) is 9.09. The maximum atomic E-state index is 12.7. The summed E-state index contributed by atoms with van der Waals surface area (Å²) in [6, 6.07) is 5.95. The summed E-state index contributed by atoms with van der Waals surface area (Å²) in [6.45, 7) is 1.93. The molecule has 2 aromatic rings. The zero-order chi connectivity index (χ0) is 10.8. The first-order chi connectivity index (χ1) is 7.16. The van der Waals surface area contributed by atoms with Gasteiger partial charge in [-0.05, 0) is 24.6 Å². The van der Waals surface area contributed by atoms with Gasteiger partial charge in [0.1, 0.15) is 10.8 Å². The van der Waals surface area contributed by atoms with Gasteiger partial charge in [0.15, 0.2) is 0 Å². The number of rotatable bonds is 2. The Morgan fingerprint density at radius 2 is 2.00 bits per heavy atom. The maximum Gasteiger partial charge on any atom is 0.123 e. The van der Waals surface area contributed by atoms with Crippen LogP contribution in [-0.2, 0) is 0 Å². The molecule has 0 aliphatic carbocycles. The van der Waals surface area contributed by atoms with E-state index in [9.17, 15) is 4.39 Å². The molecular weight excluding hydrogens is 211 g/mol. The minimum atomic E-state index is -0.260. The average molecular weight is 222 g/mol. The van der Waals surface area contributed by atoms with E-state index < -0.39 is 0 Å². The lowest BCUT2D eigenvalue weighted by atomic mass is 10.1. The van der Waals surface area contributed by atoms with E-state index in [1.54, 1.807) is 12.1 Å². The molecule has 4 heteroatoms. The van der Waals surface area contributed by atoms with Crippen molar-refractivity contribution in [3.8, 4) is 0 Å². The highest BCUT2D eigenvalue weighted by molar-refractivity contribution is 7.09. The number of nitrogens with two attached hydrogens (primary N) is 1. The summed E-state index contributed by atoms with van der Waals surface area (Å²) in [6.07, 6.45) is 0. The summed E-state index contributed by atoms with van der Waals surface area (Å²) in [5, 5.41) is 2.82. The third-order valence-electron chi connectivity index (χ3n) is 2.13. The lowest BCUT2D eigenvalue weighted by molar-refractivity contribution is 0.626. The molecular formula is C11H11FN2S. The Kier molecular flexibility index (Phi) is 2.79. The molecule has 2 nitrogen and oxygen atoms in total. The quantitative estimate of drug-likeness (QED) is 0.848. The fourth-order valence-corrected chi connectivity index (χ4v) is 2.15. The van der Waals surface area contributed by atoms with Gasteiger partial charge in [0.2, 0.25) is 0 Å². The number of aromatic nitrogens is 1. The highest BCUT2D eigenvalue weighted by atomic mass is 32.1. The molecule has 0 amide bonds. The predicted molar refractivity (Wildman–Crippen MR) is 59.3 cm³/mol. The van der Waals surface area contributed by atoms with Crippen LogP contribution in [0.5, 0.6) is 0 Å². The fraction of sp³-hybridized carbons (Fsp3) is 0.182. The number of nitrogens with zero attached hydrogens (tertiary/aromatic N) is 1. The van der Waals surface area contributed by atoms with E-state index in [1.807, 2.05) is 12.3 Å². The van der Waals surface area contributed by atoms with Crippen LogP contribution in [0.15, 0.2) is 29.6 Å². The highest BCUT2D eigenvalue weighted by Gasteiger charge is 2.11. The fourth-order valence-electron chi connectivity index (χ4n) is 1.33. The van der Waals surface area contributed by atoms with Crippen LogP contribution in [0.3, 0.4) is 0 Å². The van der Waals surface area contributed by atoms with Gasteiger partial charge in [-0.3, -0.25) is 0 Å². The van der Waals surface area contributed by atoms with Crippen molar-refractivity contribution in [2.45, 2.75) is 13.0 Å². The molecule has 0 aliphatic rings. The van der Waals surface area contributed by atoms with Crippen LogP contribution in [0.2, 0.25) is 0 Å². The Morgan fingerprint density at radius 1 is 1.33 bits per heavy atom. The Morgan fingerprint density at radius 3 is 2.53 bits per heavy atom. The number of benzene rings is 1. The number of hydrogen-bond acceptors (Lipinski definition) is 3. The van der Waals surface area contributed by atoms with E-state index in [-0.39, 0.29) is 11.9 Å². The number of thiazole rings is 1. The molecule has 0 fully saturated rings. The van der Waals surface area contributed by atoms with Crippen molar-refractivity contribution in [2.24, 2.45) is 5.73 Å². The minimum Gasteiger partial charge on any atom is -0.318 e. The van der Waals surface area contributed by atoms with Crippen LogP contribution >= 0.6 is 11.3 Å². The summed E-state index contributed by atoms with van der Waals surface area (Å²) in [7, 11) is 0. The van der Waals surface area contributed by atoms with Gasteiger partial charge in [0.25, 0.3) is 0 Å². The van der Waals surface area contributed by atoms with Gasteiger partial charge in [-0.15, -0.1) is 11.3 Å². The van der Waals surface area contributed by atoms with Gasteiger partial charge >= 0.3 is 0 Å². The van der Waals surface area contributed by atoms with Gasteiger partial charge in [-0.1, -0.05) is 12.1 Å². The van der Waals surface area contributed by atoms with Gasteiger partial charge in [0, 0.05) is 11.1 Å². The van der Waals surface area contributed by atoms with Gasteiger partial charge < -0.3 is 5.73 Å². The summed E-state index contributed by atoms with van der Waals surface area (Å²) >= 11 is 1.53. The standard InChI is InChI=1S/C11H11FN2S/c1-7-6-15-11(14-7)10(13)8-2-4-9(12)5-3-8/h2-6,10H,13H2,1H3. The smallest absolute Gasteiger partial charge is 0.123 e. The molecule has 1 aromatic carbocycles. The molecule has 1 atom stereocenters. The molecule has 0 spiro atoms. The molecule has 2 N–H and O–H groups in total. The summed E-state index contributed by atoms with van der Waals surface area (Å²) in [4.78, 5) is 4.31. The largest absolute Gasteiger partial charge is 0.318 e. The van der Waals surface area contributed by atoms with Crippen molar-refractivity contribution in [3.63, 3.8) is 0 Å². The lowest BCUT2D eigenvalue weighted by Gasteiger charge is -2.08. The zero-order valence-electron chi connectivity index (χ0n) is 8.27. The summed E-state index contributed by atoms with van der Waals surface area (Å²) < 4.78 is 12.7. The normalized spacial score (nSPS) is 12.7. The van der Waals surface area contributed by atoms with Crippen LogP contribution < -0.4 is 5.73 Å². The van der Waals surface area contributed by atoms with Crippen molar-refractivity contribution < 1.29 is 4.39 Å². The minimum absolute atomic E-state index is 0.249. The second-order valence-electron chi connectivity index (χ2n) is 3.36. The molecule has 0 saturated carbocycles. The number of halogens is 1. The Labute approximate surface area is 91.6 Å². The van der Waals surface area contributed by atoms with Gasteiger partial charge in [0.05, 0.1) is 6.04 Å². The van der Waals surface area contributed by atoms with Gasteiger partial charge in [-0.2, -0.15) is 0 Å². The Bertz CT molecular complexity index is 450. The molecule has 0 bridgehead atoms. The maximum absolute atomic E-state index is 12.7. The molecule has 0 aliphatic heterocycles. The Balaban J connectivity index is 2.28. The van der Waals surface area contributed by atoms with Crippen LogP contribution in [0.25, 0.3) is 0 Å². The van der Waals surface area contributed by atoms with E-state index in [2.05, 4.69) is 4.98 Å². The van der Waals surface area contributed by atoms with Crippen molar-refractivity contribution in [2.75, 3.05) is 0 Å². The number of aryl methyl sites for hydroxylation is 1. The lowest BCUT2D eigenvalue weighted by Crippen LogP contribution is -2.11. The van der Waals surface area contributed by atoms with E-state index in [4.69, 9.17) is 5.73 Å². The topological polar surface area (TPSA) is 38.9 Å². The molecule has 0 saturated heterocycles. The van der Waals surface area contributed by atoms with E-state index in [0.717, 1.165) is 16.3 Å². The van der Waals surface area contributed by atoms with E-state index in [0.29, 0.717) is 0 Å². The Hall–Kier alpha value is -1.26. The molecule has 1 unspecified atom stereocenters. The average Bonchev–Trinajstić information content (AvgIpc) is 2.65. The van der Waals surface area contributed by atoms with Crippen molar-refractivity contribution >= 4 is 11.3 Å². The van der Waals surface area contributed by atoms with Gasteiger partial charge in [-0.25, -0.2) is 9.37 Å². The van der Waals surface area contributed by atoms with E-state index in [1.165, 1.54) is 23.5 Å². The van der Waals surface area contributed by atoms with Crippen molar-refractivity contribution in [3.05, 3.63) is 51.7 Å². The second kappa shape index (κ2) is 4.08. The highest BCUT2D eigenvalue weighted by Crippen LogP contribution is 2.22. The second-order valence-corrected chi connectivity index (χ2v) is 4.25. The number of hydrogen-bond donors (Lipinski definition) is 1. The molecule has 2 rings (SSSR count). The first-order valence-corrected chi connectivity index (χ1v) is 5.48. The predicted octanol–water partition coefficient (Wildman–Crippen LogP) is 2.64. The van der Waals surface area contributed by atoms with E-state index >= 15 is 0 Å². The van der Waals surface area contributed by atoms with Crippen LogP contribution in [0, 0.1) is 12.7 Å². The van der Waals surface area contributed by atoms with Crippen molar-refractivity contribution in [1.29, 1.82) is 0 Å². The van der Waals surface area contributed by atoms with Crippen LogP contribution in [-0.4, -0.2) is 4.98 Å². The summed E-state index contributed by atoms with van der Waals surface area (Å²) in [5.41, 5.74) is 7.85. The molecule has 78 valence electrons.